The summed E-state index contributed by atoms with van der Waals surface area (Å²) in [5.41, 5.74) is 7.35. The van der Waals surface area contributed by atoms with Gasteiger partial charge in [-0.15, -0.1) is 0 Å². The number of nitrogen functional groups attached to an aromatic ring is 1. The molecular weight excluding hydrogens is 503 g/mol. The molecule has 0 unspecified atom stereocenters. The van der Waals surface area contributed by atoms with Gasteiger partial charge in [-0.25, -0.2) is 4.98 Å². The molecule has 4 rings (SSSR count). The number of aromatic nitrogens is 4. The normalized spacial score (nSPS) is 15.2. The highest BCUT2D eigenvalue weighted by Gasteiger charge is 2.30. The van der Waals surface area contributed by atoms with Crippen molar-refractivity contribution in [2.75, 3.05) is 33.0 Å². The fraction of sp³-hybridized carbons (Fsp3) is 0.273. The maximum atomic E-state index is 12.1. The molecule has 0 spiro atoms. The van der Waals surface area contributed by atoms with Crippen molar-refractivity contribution in [3.05, 3.63) is 45.2 Å². The van der Waals surface area contributed by atoms with E-state index in [1.807, 2.05) is 0 Å². The standard InChI is InChI=1S/C22H19Cl3N6O3/c1-4-15(32)30-8-7-11(10-30)31-19-13(23)9-27-20(26)16(19)14(29-31)6-5-12-17(24)21(33-2)28-22(34-3)18(12)25/h4,9,11H,1,7-8,10H2,2-3H3,(H2,26,27)/t11-/m0/s1. The lowest BCUT2D eigenvalue weighted by molar-refractivity contribution is -0.125. The fourth-order valence-corrected chi connectivity index (χ4v) is 4.58. The summed E-state index contributed by atoms with van der Waals surface area (Å²) >= 11 is 19.3. The van der Waals surface area contributed by atoms with Gasteiger partial charge in [0.2, 0.25) is 17.7 Å². The van der Waals surface area contributed by atoms with Crippen molar-refractivity contribution < 1.29 is 14.3 Å². The molecule has 0 bridgehead atoms. The van der Waals surface area contributed by atoms with Crippen molar-refractivity contribution in [2.24, 2.45) is 0 Å². The van der Waals surface area contributed by atoms with E-state index in [9.17, 15) is 4.79 Å². The number of pyridine rings is 2. The van der Waals surface area contributed by atoms with Crippen molar-refractivity contribution in [2.45, 2.75) is 12.5 Å². The Kier molecular flexibility index (Phi) is 6.75. The quantitative estimate of drug-likeness (QED) is 0.411. The molecule has 9 nitrogen and oxygen atoms in total. The molecule has 34 heavy (non-hydrogen) atoms. The van der Waals surface area contributed by atoms with Crippen LogP contribution in [0.5, 0.6) is 11.8 Å². The van der Waals surface area contributed by atoms with Gasteiger partial charge in [0.15, 0.2) is 0 Å². The monoisotopic (exact) mass is 520 g/mol. The van der Waals surface area contributed by atoms with E-state index in [1.165, 1.54) is 26.5 Å². The number of hydrogen-bond acceptors (Lipinski definition) is 7. The summed E-state index contributed by atoms with van der Waals surface area (Å²) in [4.78, 5) is 22.0. The highest BCUT2D eigenvalue weighted by molar-refractivity contribution is 6.38. The molecular formula is C22H19Cl3N6O3. The Morgan fingerprint density at radius 3 is 2.53 bits per heavy atom. The number of anilines is 1. The number of methoxy groups -OCH3 is 2. The van der Waals surface area contributed by atoms with Crippen LogP contribution in [0.1, 0.15) is 23.7 Å². The van der Waals surface area contributed by atoms with Crippen LogP contribution < -0.4 is 15.2 Å². The summed E-state index contributed by atoms with van der Waals surface area (Å²) in [7, 11) is 2.84. The number of amides is 1. The zero-order chi connectivity index (χ0) is 24.6. The van der Waals surface area contributed by atoms with E-state index >= 15 is 0 Å². The van der Waals surface area contributed by atoms with Gasteiger partial charge in [0.05, 0.1) is 47.9 Å². The fourth-order valence-electron chi connectivity index (χ4n) is 3.78. The van der Waals surface area contributed by atoms with E-state index in [1.54, 1.807) is 9.58 Å². The maximum absolute atomic E-state index is 12.1. The van der Waals surface area contributed by atoms with Gasteiger partial charge in [-0.05, 0) is 18.4 Å². The molecule has 3 aromatic rings. The van der Waals surface area contributed by atoms with Crippen LogP contribution in [0.15, 0.2) is 18.9 Å². The van der Waals surface area contributed by atoms with Crippen molar-refractivity contribution >= 4 is 57.4 Å². The molecule has 3 aromatic heterocycles. The van der Waals surface area contributed by atoms with Crippen molar-refractivity contribution in [1.82, 2.24) is 24.6 Å². The van der Waals surface area contributed by atoms with Crippen LogP contribution in [0.4, 0.5) is 5.82 Å². The Morgan fingerprint density at radius 1 is 1.24 bits per heavy atom. The number of fused-ring (bicyclic) bond motifs is 1. The van der Waals surface area contributed by atoms with E-state index in [-0.39, 0.29) is 45.1 Å². The molecule has 12 heteroatoms. The van der Waals surface area contributed by atoms with Gasteiger partial charge in [-0.2, -0.15) is 10.1 Å². The van der Waals surface area contributed by atoms with Gasteiger partial charge in [0.1, 0.15) is 21.6 Å². The molecule has 176 valence electrons. The predicted octanol–water partition coefficient (Wildman–Crippen LogP) is 3.75. The van der Waals surface area contributed by atoms with E-state index < -0.39 is 0 Å². The van der Waals surface area contributed by atoms with E-state index in [0.29, 0.717) is 41.1 Å². The van der Waals surface area contributed by atoms with Crippen LogP contribution >= 0.6 is 34.8 Å². The number of halogens is 3. The molecule has 1 atom stereocenters. The van der Waals surface area contributed by atoms with Gasteiger partial charge in [0, 0.05) is 13.1 Å². The smallest absolute Gasteiger partial charge is 0.246 e. The second kappa shape index (κ2) is 9.58. The Labute approximate surface area is 210 Å². The lowest BCUT2D eigenvalue weighted by Gasteiger charge is -2.15. The molecule has 0 saturated carbocycles. The highest BCUT2D eigenvalue weighted by Crippen LogP contribution is 2.37. The Balaban J connectivity index is 1.86. The zero-order valence-electron chi connectivity index (χ0n) is 18.2. The molecule has 0 aliphatic carbocycles. The van der Waals surface area contributed by atoms with Crippen LogP contribution in [0.3, 0.4) is 0 Å². The minimum Gasteiger partial charge on any atom is -0.480 e. The van der Waals surface area contributed by atoms with Gasteiger partial charge >= 0.3 is 0 Å². The van der Waals surface area contributed by atoms with Gasteiger partial charge < -0.3 is 20.1 Å². The van der Waals surface area contributed by atoms with Gasteiger partial charge in [-0.1, -0.05) is 47.3 Å². The first-order chi connectivity index (χ1) is 16.3. The van der Waals surface area contributed by atoms with Crippen molar-refractivity contribution in [3.8, 4) is 23.6 Å². The molecule has 1 saturated heterocycles. The summed E-state index contributed by atoms with van der Waals surface area (Å²) in [6.07, 6.45) is 3.43. The first-order valence-electron chi connectivity index (χ1n) is 10.0. The third-order valence-electron chi connectivity index (χ3n) is 5.42. The third kappa shape index (κ3) is 4.09. The van der Waals surface area contributed by atoms with E-state index in [4.69, 9.17) is 50.0 Å². The topological polar surface area (TPSA) is 108 Å². The Hall–Kier alpha value is -3.19. The van der Waals surface area contributed by atoms with Crippen molar-refractivity contribution in [1.29, 1.82) is 0 Å². The summed E-state index contributed by atoms with van der Waals surface area (Å²) in [5.74, 6) is 6.22. The number of ether oxygens (including phenoxy) is 2. The number of nitrogens with two attached hydrogens (primary N) is 1. The molecule has 2 N–H and O–H groups in total. The second-order valence-electron chi connectivity index (χ2n) is 7.32. The molecule has 0 radical (unpaired) electrons. The predicted molar refractivity (Wildman–Crippen MR) is 131 cm³/mol. The van der Waals surface area contributed by atoms with Crippen LogP contribution in [0.25, 0.3) is 10.9 Å². The van der Waals surface area contributed by atoms with Crippen LogP contribution in [0.2, 0.25) is 15.1 Å². The number of rotatable bonds is 4. The summed E-state index contributed by atoms with van der Waals surface area (Å²) in [6.45, 7) is 4.57. The molecule has 0 aromatic carbocycles. The summed E-state index contributed by atoms with van der Waals surface area (Å²) in [6, 6.07) is -0.130. The number of hydrogen-bond donors (Lipinski definition) is 1. The molecule has 1 aliphatic rings. The van der Waals surface area contributed by atoms with Crippen molar-refractivity contribution in [3.63, 3.8) is 0 Å². The van der Waals surface area contributed by atoms with Gasteiger partial charge in [0.25, 0.3) is 0 Å². The average molecular weight is 522 g/mol. The van der Waals surface area contributed by atoms with E-state index in [2.05, 4.69) is 33.5 Å². The first kappa shape index (κ1) is 24.0. The number of nitrogens with zero attached hydrogens (tertiary/aromatic N) is 5. The Morgan fingerprint density at radius 2 is 1.91 bits per heavy atom. The summed E-state index contributed by atoms with van der Waals surface area (Å²) < 4.78 is 12.1. The largest absolute Gasteiger partial charge is 0.480 e. The average Bonchev–Trinajstić information content (AvgIpc) is 3.47. The third-order valence-corrected chi connectivity index (χ3v) is 6.39. The SMILES string of the molecule is C=CC(=O)N1CC[C@H](n2nc(C#Cc3c(Cl)c(OC)nc(OC)c3Cl)c3c(N)ncc(Cl)c32)C1. The van der Waals surface area contributed by atoms with E-state index in [0.717, 1.165) is 0 Å². The lowest BCUT2D eigenvalue weighted by atomic mass is 10.2. The minimum absolute atomic E-state index is 0.116. The molecule has 1 aliphatic heterocycles. The molecule has 1 amide bonds. The first-order valence-corrected chi connectivity index (χ1v) is 11.2. The highest BCUT2D eigenvalue weighted by atomic mass is 35.5. The number of likely N-dealkylation sites (tertiary alicyclic amines) is 1. The summed E-state index contributed by atoms with van der Waals surface area (Å²) in [5, 5.41) is 5.80. The Bertz CT molecular complexity index is 1350. The van der Waals surface area contributed by atoms with Gasteiger partial charge in [-0.3, -0.25) is 9.48 Å². The maximum Gasteiger partial charge on any atom is 0.246 e. The van der Waals surface area contributed by atoms with Crippen LogP contribution in [-0.4, -0.2) is 57.9 Å². The molecule has 1 fully saturated rings. The van der Waals surface area contributed by atoms with Crippen LogP contribution in [0, 0.1) is 11.8 Å². The minimum atomic E-state index is -0.142. The van der Waals surface area contributed by atoms with Crippen LogP contribution in [-0.2, 0) is 4.79 Å². The number of carbonyl (C=O) groups excluding carboxylic acids is 1. The zero-order valence-corrected chi connectivity index (χ0v) is 20.5. The molecule has 4 heterocycles. The second-order valence-corrected chi connectivity index (χ2v) is 8.49. The number of carbonyl (C=O) groups is 1. The lowest BCUT2D eigenvalue weighted by Crippen LogP contribution is -2.27.